The second kappa shape index (κ2) is 7.09. The molecule has 0 radical (unpaired) electrons. The van der Waals surface area contributed by atoms with Crippen molar-refractivity contribution in [1.29, 1.82) is 0 Å². The van der Waals surface area contributed by atoms with Crippen LogP contribution in [-0.2, 0) is 12.8 Å². The lowest BCUT2D eigenvalue weighted by atomic mass is 9.96. The minimum atomic E-state index is -0.204. The Morgan fingerprint density at radius 3 is 2.48 bits per heavy atom. The number of hydrogen-bond acceptors (Lipinski definition) is 3. The Balaban J connectivity index is 1.71. The maximum atomic E-state index is 13.0. The summed E-state index contributed by atoms with van der Waals surface area (Å²) in [5.41, 5.74) is 4.04. The molecule has 1 aromatic carbocycles. The fourth-order valence-electron chi connectivity index (χ4n) is 2.57. The number of hydrogen-bond donors (Lipinski definition) is 0. The maximum absolute atomic E-state index is 13.0. The fourth-order valence-corrected chi connectivity index (χ4v) is 2.57. The summed E-state index contributed by atoms with van der Waals surface area (Å²) in [5.74, 6) is 0.0832. The first-order valence-corrected chi connectivity index (χ1v) is 7.66. The molecule has 0 aliphatic rings. The SMILES string of the molecule is C[C@H](Cc1cccc(Cc2cnccn2)n1)c1ccc(F)cc1. The molecule has 0 aliphatic heterocycles. The molecule has 2 heterocycles. The van der Waals surface area contributed by atoms with Crippen molar-refractivity contribution in [3.8, 4) is 0 Å². The third kappa shape index (κ3) is 4.19. The first kappa shape index (κ1) is 15.3. The van der Waals surface area contributed by atoms with Gasteiger partial charge in [-0.1, -0.05) is 25.1 Å². The number of aromatic nitrogens is 3. The smallest absolute Gasteiger partial charge is 0.123 e. The standard InChI is InChI=1S/C19H18FN3/c1-14(15-5-7-16(20)8-6-15)11-17-3-2-4-18(23-17)12-19-13-21-9-10-22-19/h2-10,13-14H,11-12H2,1H3/t14-/m1/s1. The summed E-state index contributed by atoms with van der Waals surface area (Å²) in [6.45, 7) is 2.13. The third-order valence-corrected chi connectivity index (χ3v) is 3.80. The van der Waals surface area contributed by atoms with E-state index in [2.05, 4.69) is 16.9 Å². The van der Waals surface area contributed by atoms with Crippen molar-refractivity contribution >= 4 is 0 Å². The first-order chi connectivity index (χ1) is 11.2. The van der Waals surface area contributed by atoms with E-state index in [9.17, 15) is 4.39 Å². The van der Waals surface area contributed by atoms with Crippen LogP contribution in [0.2, 0.25) is 0 Å². The van der Waals surface area contributed by atoms with Crippen LogP contribution in [0, 0.1) is 5.82 Å². The molecule has 0 bridgehead atoms. The molecule has 116 valence electrons. The summed E-state index contributed by atoms with van der Waals surface area (Å²) in [6.07, 6.45) is 6.61. The minimum Gasteiger partial charge on any atom is -0.261 e. The van der Waals surface area contributed by atoms with Crippen LogP contribution >= 0.6 is 0 Å². The van der Waals surface area contributed by atoms with Crippen molar-refractivity contribution in [3.05, 3.63) is 89.5 Å². The normalized spacial score (nSPS) is 12.1. The number of nitrogens with zero attached hydrogens (tertiary/aromatic N) is 3. The summed E-state index contributed by atoms with van der Waals surface area (Å²) in [6, 6.07) is 12.7. The Labute approximate surface area is 135 Å². The van der Waals surface area contributed by atoms with Crippen molar-refractivity contribution in [1.82, 2.24) is 15.0 Å². The van der Waals surface area contributed by atoms with Gasteiger partial charge in [0.05, 0.1) is 5.69 Å². The van der Waals surface area contributed by atoms with Crippen LogP contribution in [0.25, 0.3) is 0 Å². The van der Waals surface area contributed by atoms with Crippen LogP contribution in [0.15, 0.2) is 61.1 Å². The van der Waals surface area contributed by atoms with Gasteiger partial charge in [0.2, 0.25) is 0 Å². The van der Waals surface area contributed by atoms with Gasteiger partial charge >= 0.3 is 0 Å². The lowest BCUT2D eigenvalue weighted by Crippen LogP contribution is -2.03. The highest BCUT2D eigenvalue weighted by atomic mass is 19.1. The number of halogens is 1. The topological polar surface area (TPSA) is 38.7 Å². The van der Waals surface area contributed by atoms with Gasteiger partial charge in [-0.2, -0.15) is 0 Å². The van der Waals surface area contributed by atoms with Crippen LogP contribution in [-0.4, -0.2) is 15.0 Å². The minimum absolute atomic E-state index is 0.204. The Bertz CT molecular complexity index is 757. The lowest BCUT2D eigenvalue weighted by Gasteiger charge is -2.12. The quantitative estimate of drug-likeness (QED) is 0.716. The third-order valence-electron chi connectivity index (χ3n) is 3.80. The monoisotopic (exact) mass is 307 g/mol. The highest BCUT2D eigenvalue weighted by Gasteiger charge is 2.09. The van der Waals surface area contributed by atoms with Crippen LogP contribution in [0.4, 0.5) is 4.39 Å². The molecule has 0 saturated heterocycles. The Kier molecular flexibility index (Phi) is 4.71. The van der Waals surface area contributed by atoms with Crippen molar-refractivity contribution in [2.45, 2.75) is 25.7 Å². The van der Waals surface area contributed by atoms with E-state index in [1.807, 2.05) is 30.3 Å². The molecule has 1 atom stereocenters. The van der Waals surface area contributed by atoms with Crippen molar-refractivity contribution < 1.29 is 4.39 Å². The molecule has 3 nitrogen and oxygen atoms in total. The highest BCUT2D eigenvalue weighted by molar-refractivity contribution is 5.23. The van der Waals surface area contributed by atoms with E-state index >= 15 is 0 Å². The van der Waals surface area contributed by atoms with E-state index in [-0.39, 0.29) is 11.7 Å². The van der Waals surface area contributed by atoms with Crippen LogP contribution < -0.4 is 0 Å². The van der Waals surface area contributed by atoms with Gasteiger partial charge in [-0.15, -0.1) is 0 Å². The molecule has 23 heavy (non-hydrogen) atoms. The van der Waals surface area contributed by atoms with Gasteiger partial charge in [-0.05, 0) is 42.2 Å². The average Bonchev–Trinajstić information content (AvgIpc) is 2.57. The summed E-state index contributed by atoms with van der Waals surface area (Å²) in [4.78, 5) is 13.1. The molecule has 0 fully saturated rings. The molecule has 0 N–H and O–H groups in total. The molecule has 2 aromatic heterocycles. The maximum Gasteiger partial charge on any atom is 0.123 e. The molecular formula is C19H18FN3. The van der Waals surface area contributed by atoms with Gasteiger partial charge in [0.15, 0.2) is 0 Å². The lowest BCUT2D eigenvalue weighted by molar-refractivity contribution is 0.625. The van der Waals surface area contributed by atoms with Gasteiger partial charge in [0.1, 0.15) is 5.82 Å². The van der Waals surface area contributed by atoms with Gasteiger partial charge in [-0.3, -0.25) is 15.0 Å². The Hall–Kier alpha value is -2.62. The van der Waals surface area contributed by atoms with E-state index in [4.69, 9.17) is 4.98 Å². The van der Waals surface area contributed by atoms with E-state index in [1.54, 1.807) is 18.6 Å². The molecule has 0 spiro atoms. The predicted molar refractivity (Wildman–Crippen MR) is 87.6 cm³/mol. The number of benzene rings is 1. The van der Waals surface area contributed by atoms with Crippen molar-refractivity contribution in [2.75, 3.05) is 0 Å². The number of rotatable bonds is 5. The van der Waals surface area contributed by atoms with E-state index in [0.717, 1.165) is 29.1 Å². The van der Waals surface area contributed by atoms with E-state index in [1.165, 1.54) is 12.1 Å². The molecule has 0 unspecified atom stereocenters. The van der Waals surface area contributed by atoms with E-state index in [0.29, 0.717) is 6.42 Å². The molecule has 4 heteroatoms. The van der Waals surface area contributed by atoms with Crippen LogP contribution in [0.3, 0.4) is 0 Å². The zero-order chi connectivity index (χ0) is 16.1. The largest absolute Gasteiger partial charge is 0.261 e. The average molecular weight is 307 g/mol. The summed E-state index contributed by atoms with van der Waals surface area (Å²) < 4.78 is 13.0. The summed E-state index contributed by atoms with van der Waals surface area (Å²) >= 11 is 0. The van der Waals surface area contributed by atoms with Crippen LogP contribution in [0.1, 0.15) is 35.5 Å². The Morgan fingerprint density at radius 1 is 0.957 bits per heavy atom. The molecule has 3 aromatic rings. The highest BCUT2D eigenvalue weighted by Crippen LogP contribution is 2.20. The fraction of sp³-hybridized carbons (Fsp3) is 0.211. The van der Waals surface area contributed by atoms with Crippen molar-refractivity contribution in [2.24, 2.45) is 0 Å². The molecule has 3 rings (SSSR count). The molecular weight excluding hydrogens is 289 g/mol. The summed E-state index contributed by atoms with van der Waals surface area (Å²) in [7, 11) is 0. The summed E-state index contributed by atoms with van der Waals surface area (Å²) in [5, 5.41) is 0. The zero-order valence-corrected chi connectivity index (χ0v) is 13.0. The Morgan fingerprint density at radius 2 is 1.74 bits per heavy atom. The predicted octanol–water partition coefficient (Wildman–Crippen LogP) is 3.95. The van der Waals surface area contributed by atoms with Gasteiger partial charge < -0.3 is 0 Å². The van der Waals surface area contributed by atoms with Gasteiger partial charge in [0.25, 0.3) is 0 Å². The number of pyridine rings is 1. The molecule has 0 saturated carbocycles. The molecule has 0 aliphatic carbocycles. The van der Waals surface area contributed by atoms with Crippen molar-refractivity contribution in [3.63, 3.8) is 0 Å². The van der Waals surface area contributed by atoms with Gasteiger partial charge in [0, 0.05) is 36.4 Å². The van der Waals surface area contributed by atoms with Crippen LogP contribution in [0.5, 0.6) is 0 Å². The first-order valence-electron chi connectivity index (χ1n) is 7.66. The zero-order valence-electron chi connectivity index (χ0n) is 13.0. The van der Waals surface area contributed by atoms with E-state index < -0.39 is 0 Å². The molecule has 0 amide bonds. The van der Waals surface area contributed by atoms with Gasteiger partial charge in [-0.25, -0.2) is 4.39 Å². The second-order valence-electron chi connectivity index (χ2n) is 5.65. The second-order valence-corrected chi connectivity index (χ2v) is 5.65.